The van der Waals surface area contributed by atoms with Gasteiger partial charge in [0.2, 0.25) is 0 Å². The van der Waals surface area contributed by atoms with Crippen LogP contribution in [0.1, 0.15) is 18.9 Å². The molecule has 0 saturated carbocycles. The fraction of sp³-hybridized carbons (Fsp3) is 0.467. The summed E-state index contributed by atoms with van der Waals surface area (Å²) in [7, 11) is 0. The number of benzene rings is 1. The van der Waals surface area contributed by atoms with Crippen molar-refractivity contribution in [1.82, 2.24) is 5.32 Å². The van der Waals surface area contributed by atoms with Crippen molar-refractivity contribution in [2.75, 3.05) is 24.7 Å². The van der Waals surface area contributed by atoms with Crippen molar-refractivity contribution in [1.29, 1.82) is 0 Å². The number of aryl methyl sites for hydroxylation is 1. The highest BCUT2D eigenvalue weighted by Gasteiger charge is 2.44. The molecule has 0 radical (unpaired) electrons. The first kappa shape index (κ1) is 15.3. The Kier molecular flexibility index (Phi) is 4.47. The van der Waals surface area contributed by atoms with Crippen molar-refractivity contribution in [3.8, 4) is 0 Å². The Hall–Kier alpha value is -2.08. The van der Waals surface area contributed by atoms with Gasteiger partial charge in [0.25, 0.3) is 0 Å². The molecular formula is C15H20N2O4. The quantitative estimate of drug-likeness (QED) is 0.886. The molecule has 0 bridgehead atoms. The highest BCUT2D eigenvalue weighted by Crippen LogP contribution is 2.23. The molecule has 1 aromatic rings. The summed E-state index contributed by atoms with van der Waals surface area (Å²) in [4.78, 5) is 25.5. The molecule has 0 spiro atoms. The second-order valence-corrected chi connectivity index (χ2v) is 5.15. The molecule has 1 heterocycles. The van der Waals surface area contributed by atoms with Crippen LogP contribution in [0.3, 0.4) is 0 Å². The van der Waals surface area contributed by atoms with Gasteiger partial charge in [-0.25, -0.2) is 9.59 Å². The molecule has 1 aromatic carbocycles. The number of rotatable bonds is 4. The monoisotopic (exact) mass is 292 g/mol. The number of carboxylic acids is 1. The van der Waals surface area contributed by atoms with E-state index in [1.54, 1.807) is 4.90 Å². The van der Waals surface area contributed by atoms with Crippen LogP contribution in [0, 0.1) is 6.92 Å². The van der Waals surface area contributed by atoms with Crippen LogP contribution >= 0.6 is 0 Å². The van der Waals surface area contributed by atoms with Crippen LogP contribution in [0.25, 0.3) is 0 Å². The van der Waals surface area contributed by atoms with Crippen LogP contribution in [0.5, 0.6) is 0 Å². The number of ether oxygens (including phenoxy) is 1. The zero-order valence-corrected chi connectivity index (χ0v) is 12.3. The van der Waals surface area contributed by atoms with Crippen molar-refractivity contribution >= 4 is 17.7 Å². The van der Waals surface area contributed by atoms with Gasteiger partial charge in [-0.15, -0.1) is 0 Å². The van der Waals surface area contributed by atoms with Gasteiger partial charge < -0.3 is 15.2 Å². The van der Waals surface area contributed by atoms with Crippen LogP contribution in [0.4, 0.5) is 10.5 Å². The highest BCUT2D eigenvalue weighted by atomic mass is 16.5. The van der Waals surface area contributed by atoms with Gasteiger partial charge in [0, 0.05) is 25.3 Å². The second-order valence-electron chi connectivity index (χ2n) is 5.15. The molecule has 6 heteroatoms. The first-order valence-corrected chi connectivity index (χ1v) is 6.96. The lowest BCUT2D eigenvalue weighted by atomic mass is 9.99. The van der Waals surface area contributed by atoms with Crippen LogP contribution < -0.4 is 10.2 Å². The number of hydrogen-bond acceptors (Lipinski definition) is 3. The van der Waals surface area contributed by atoms with Crippen LogP contribution in [0.2, 0.25) is 0 Å². The number of amides is 2. The van der Waals surface area contributed by atoms with E-state index in [1.807, 2.05) is 38.1 Å². The van der Waals surface area contributed by atoms with Gasteiger partial charge in [0.05, 0.1) is 6.61 Å². The largest absolute Gasteiger partial charge is 0.479 e. The summed E-state index contributed by atoms with van der Waals surface area (Å²) < 4.78 is 5.15. The fourth-order valence-electron chi connectivity index (χ4n) is 2.45. The molecule has 1 saturated heterocycles. The van der Waals surface area contributed by atoms with Crippen molar-refractivity contribution in [2.45, 2.75) is 25.8 Å². The lowest BCUT2D eigenvalue weighted by Crippen LogP contribution is -2.58. The smallest absolute Gasteiger partial charge is 0.332 e. The summed E-state index contributed by atoms with van der Waals surface area (Å²) in [6.45, 7) is 4.55. The number of carboxylic acid groups (broad SMARTS) is 1. The van der Waals surface area contributed by atoms with E-state index in [1.165, 1.54) is 0 Å². The van der Waals surface area contributed by atoms with E-state index in [2.05, 4.69) is 5.32 Å². The zero-order valence-electron chi connectivity index (χ0n) is 12.3. The van der Waals surface area contributed by atoms with Gasteiger partial charge >= 0.3 is 12.0 Å². The average Bonchev–Trinajstić information content (AvgIpc) is 2.91. The van der Waals surface area contributed by atoms with E-state index in [4.69, 9.17) is 4.74 Å². The predicted octanol–water partition coefficient (Wildman–Crippen LogP) is 1.77. The Morgan fingerprint density at radius 2 is 2.14 bits per heavy atom. The van der Waals surface area contributed by atoms with E-state index >= 15 is 0 Å². The third kappa shape index (κ3) is 3.00. The van der Waals surface area contributed by atoms with Crippen LogP contribution in [-0.4, -0.2) is 42.4 Å². The van der Waals surface area contributed by atoms with Crippen molar-refractivity contribution in [2.24, 2.45) is 0 Å². The number of carbonyl (C=O) groups excluding carboxylic acids is 1. The minimum atomic E-state index is -1.33. The molecule has 2 rings (SSSR count). The van der Waals surface area contributed by atoms with Gasteiger partial charge in [-0.3, -0.25) is 4.90 Å². The minimum absolute atomic E-state index is 0.000596. The van der Waals surface area contributed by atoms with Crippen molar-refractivity contribution < 1.29 is 19.4 Å². The minimum Gasteiger partial charge on any atom is -0.479 e. The number of hydrogen-bond donors (Lipinski definition) is 2. The summed E-state index contributed by atoms with van der Waals surface area (Å²) in [6, 6.07) is 7.09. The summed E-state index contributed by atoms with van der Waals surface area (Å²) in [5.41, 5.74) is 0.409. The topological polar surface area (TPSA) is 78.9 Å². The SMILES string of the molecule is CCN(C(=O)NC1(C(=O)O)CCOC1)c1ccccc1C. The van der Waals surface area contributed by atoms with E-state index < -0.39 is 17.5 Å². The standard InChI is InChI=1S/C15H20N2O4/c1-3-17(12-7-5-4-6-11(12)2)14(20)16-15(13(18)19)8-9-21-10-15/h4-7H,3,8-10H2,1-2H3,(H,16,20)(H,18,19). The third-order valence-corrected chi connectivity index (χ3v) is 3.74. The number of nitrogens with one attached hydrogen (secondary N) is 1. The Morgan fingerprint density at radius 1 is 1.43 bits per heavy atom. The van der Waals surface area contributed by atoms with Gasteiger partial charge in [0.15, 0.2) is 5.54 Å². The Labute approximate surface area is 123 Å². The van der Waals surface area contributed by atoms with Crippen LogP contribution in [0.15, 0.2) is 24.3 Å². The maximum Gasteiger partial charge on any atom is 0.332 e. The van der Waals surface area contributed by atoms with Gasteiger partial charge in [0.1, 0.15) is 0 Å². The Balaban J connectivity index is 2.21. The number of carbonyl (C=O) groups is 2. The molecule has 1 atom stereocenters. The predicted molar refractivity (Wildman–Crippen MR) is 78.5 cm³/mol. The van der Waals surface area contributed by atoms with Crippen molar-refractivity contribution in [3.63, 3.8) is 0 Å². The fourth-order valence-corrected chi connectivity index (χ4v) is 2.45. The number of nitrogens with zero attached hydrogens (tertiary/aromatic N) is 1. The summed E-state index contributed by atoms with van der Waals surface area (Å²) in [6.07, 6.45) is 0.277. The van der Waals surface area contributed by atoms with Crippen LogP contribution in [-0.2, 0) is 9.53 Å². The van der Waals surface area contributed by atoms with E-state index in [9.17, 15) is 14.7 Å². The van der Waals surface area contributed by atoms with Gasteiger partial charge in [-0.1, -0.05) is 18.2 Å². The second kappa shape index (κ2) is 6.13. The first-order valence-electron chi connectivity index (χ1n) is 6.96. The number of para-hydroxylation sites is 1. The van der Waals surface area contributed by atoms with Crippen molar-refractivity contribution in [3.05, 3.63) is 29.8 Å². The highest BCUT2D eigenvalue weighted by molar-refractivity contribution is 5.96. The van der Waals surface area contributed by atoms with E-state index in [0.717, 1.165) is 11.3 Å². The summed E-state index contributed by atoms with van der Waals surface area (Å²) >= 11 is 0. The lowest BCUT2D eigenvalue weighted by molar-refractivity contribution is -0.144. The normalized spacial score (nSPS) is 21.0. The number of urea groups is 1. The number of aliphatic carboxylic acids is 1. The molecule has 6 nitrogen and oxygen atoms in total. The molecule has 114 valence electrons. The maximum absolute atomic E-state index is 12.5. The Morgan fingerprint density at radius 3 is 2.67 bits per heavy atom. The summed E-state index contributed by atoms with van der Waals surface area (Å²) in [5, 5.41) is 12.0. The summed E-state index contributed by atoms with van der Waals surface area (Å²) in [5.74, 6) is -1.06. The molecule has 0 aliphatic carbocycles. The first-order chi connectivity index (χ1) is 10.00. The van der Waals surface area contributed by atoms with E-state index in [-0.39, 0.29) is 13.0 Å². The van der Waals surface area contributed by atoms with E-state index in [0.29, 0.717) is 13.2 Å². The molecule has 1 unspecified atom stereocenters. The molecule has 1 aliphatic heterocycles. The molecule has 2 N–H and O–H groups in total. The molecule has 1 fully saturated rings. The molecular weight excluding hydrogens is 272 g/mol. The average molecular weight is 292 g/mol. The molecule has 1 aliphatic rings. The molecule has 21 heavy (non-hydrogen) atoms. The third-order valence-electron chi connectivity index (χ3n) is 3.74. The maximum atomic E-state index is 12.5. The van der Waals surface area contributed by atoms with Gasteiger partial charge in [-0.2, -0.15) is 0 Å². The molecule has 2 amide bonds. The van der Waals surface area contributed by atoms with Gasteiger partial charge in [-0.05, 0) is 25.5 Å². The number of anilines is 1. The Bertz CT molecular complexity index is 538. The lowest BCUT2D eigenvalue weighted by Gasteiger charge is -2.29. The molecule has 0 aromatic heterocycles. The zero-order chi connectivity index (χ0) is 15.5.